The number of hydrogen-bond donors (Lipinski definition) is 1. The van der Waals surface area contributed by atoms with Gasteiger partial charge in [-0.2, -0.15) is 0 Å². The molecule has 2 fully saturated rings. The minimum Gasteiger partial charge on any atom is -0.478 e. The quantitative estimate of drug-likeness (QED) is 0.723. The summed E-state index contributed by atoms with van der Waals surface area (Å²) in [4.78, 5) is 22.9. The standard InChI is InChI=1S/C11H16O4/c1-2-4-11(8(12)13)7-10(5-3-6-10)9(14)15-11/h2-7H2,1H3,(H,12,13). The minimum absolute atomic E-state index is 0.287. The average molecular weight is 212 g/mol. The van der Waals surface area contributed by atoms with Gasteiger partial charge in [0.15, 0.2) is 0 Å². The summed E-state index contributed by atoms with van der Waals surface area (Å²) < 4.78 is 5.17. The highest BCUT2D eigenvalue weighted by Crippen LogP contribution is 2.54. The maximum Gasteiger partial charge on any atom is 0.348 e. The fourth-order valence-electron chi connectivity index (χ4n) is 2.69. The molecule has 0 aromatic heterocycles. The van der Waals surface area contributed by atoms with Crippen LogP contribution in [0.3, 0.4) is 0 Å². The first-order chi connectivity index (χ1) is 7.05. The topological polar surface area (TPSA) is 63.6 Å². The number of rotatable bonds is 3. The summed E-state index contributed by atoms with van der Waals surface area (Å²) in [7, 11) is 0. The van der Waals surface area contributed by atoms with Crippen molar-refractivity contribution in [2.75, 3.05) is 0 Å². The van der Waals surface area contributed by atoms with Crippen molar-refractivity contribution in [1.29, 1.82) is 0 Å². The Morgan fingerprint density at radius 1 is 1.53 bits per heavy atom. The number of hydrogen-bond acceptors (Lipinski definition) is 3. The van der Waals surface area contributed by atoms with E-state index in [0.717, 1.165) is 25.7 Å². The number of carbonyl (C=O) groups is 2. The summed E-state index contributed by atoms with van der Waals surface area (Å²) in [5.41, 5.74) is -1.68. The maximum atomic E-state index is 11.7. The number of cyclic esters (lactones) is 1. The van der Waals surface area contributed by atoms with Gasteiger partial charge in [0.1, 0.15) is 0 Å². The normalized spacial score (nSPS) is 32.5. The minimum atomic E-state index is -1.23. The molecule has 0 aromatic carbocycles. The molecule has 1 saturated heterocycles. The predicted molar refractivity (Wildman–Crippen MR) is 52.3 cm³/mol. The van der Waals surface area contributed by atoms with Crippen LogP contribution in [0, 0.1) is 5.41 Å². The van der Waals surface area contributed by atoms with Crippen molar-refractivity contribution < 1.29 is 19.4 Å². The van der Waals surface area contributed by atoms with Crippen molar-refractivity contribution in [1.82, 2.24) is 0 Å². The van der Waals surface area contributed by atoms with Crippen molar-refractivity contribution in [2.24, 2.45) is 5.41 Å². The Bertz CT molecular complexity index is 306. The van der Waals surface area contributed by atoms with Gasteiger partial charge in [0.2, 0.25) is 5.60 Å². The van der Waals surface area contributed by atoms with Crippen LogP contribution in [0.5, 0.6) is 0 Å². The Balaban J connectivity index is 2.23. The monoisotopic (exact) mass is 212 g/mol. The van der Waals surface area contributed by atoms with E-state index in [4.69, 9.17) is 4.74 Å². The van der Waals surface area contributed by atoms with E-state index in [1.807, 2.05) is 6.92 Å². The zero-order chi connectivity index (χ0) is 11.1. The smallest absolute Gasteiger partial charge is 0.348 e. The van der Waals surface area contributed by atoms with Crippen LogP contribution in [0.2, 0.25) is 0 Å². The second-order valence-electron chi connectivity index (χ2n) is 4.75. The van der Waals surface area contributed by atoms with E-state index in [0.29, 0.717) is 12.8 Å². The van der Waals surface area contributed by atoms with Crippen LogP contribution in [0.1, 0.15) is 45.4 Å². The number of esters is 1. The number of carboxylic acids is 1. The van der Waals surface area contributed by atoms with Gasteiger partial charge in [0, 0.05) is 6.42 Å². The van der Waals surface area contributed by atoms with Crippen LogP contribution in [0.4, 0.5) is 0 Å². The molecule has 1 unspecified atom stereocenters. The van der Waals surface area contributed by atoms with Crippen LogP contribution in [0.25, 0.3) is 0 Å². The van der Waals surface area contributed by atoms with Gasteiger partial charge in [-0.05, 0) is 19.3 Å². The molecule has 1 atom stereocenters. The number of aliphatic carboxylic acids is 1. The van der Waals surface area contributed by atoms with Crippen LogP contribution >= 0.6 is 0 Å². The summed E-state index contributed by atoms with van der Waals surface area (Å²) >= 11 is 0. The molecule has 0 aromatic rings. The summed E-state index contributed by atoms with van der Waals surface area (Å²) in [6.07, 6.45) is 4.12. The molecule has 1 N–H and O–H groups in total. The lowest BCUT2D eigenvalue weighted by Crippen LogP contribution is -2.39. The maximum absolute atomic E-state index is 11.7. The van der Waals surface area contributed by atoms with Gasteiger partial charge in [-0.1, -0.05) is 19.8 Å². The van der Waals surface area contributed by atoms with Crippen molar-refractivity contribution in [3.05, 3.63) is 0 Å². The molecule has 1 aliphatic carbocycles. The number of ether oxygens (including phenoxy) is 1. The lowest BCUT2D eigenvalue weighted by atomic mass is 9.65. The van der Waals surface area contributed by atoms with E-state index in [-0.39, 0.29) is 5.97 Å². The summed E-state index contributed by atoms with van der Waals surface area (Å²) in [5.74, 6) is -1.27. The molecule has 0 radical (unpaired) electrons. The third-order valence-corrected chi connectivity index (χ3v) is 3.70. The Kier molecular flexibility index (Phi) is 2.24. The van der Waals surface area contributed by atoms with Gasteiger partial charge >= 0.3 is 11.9 Å². The van der Waals surface area contributed by atoms with Crippen LogP contribution in [0.15, 0.2) is 0 Å². The summed E-state index contributed by atoms with van der Waals surface area (Å²) in [6.45, 7) is 1.91. The second-order valence-corrected chi connectivity index (χ2v) is 4.75. The van der Waals surface area contributed by atoms with Gasteiger partial charge in [-0.3, -0.25) is 4.79 Å². The fraction of sp³-hybridized carbons (Fsp3) is 0.818. The second kappa shape index (κ2) is 3.22. The number of carbonyl (C=O) groups excluding carboxylic acids is 1. The molecule has 1 aliphatic heterocycles. The SMILES string of the molecule is CCCC1(C(=O)O)CC2(CCC2)C(=O)O1. The average Bonchev–Trinajstić information content (AvgIpc) is 2.40. The highest BCUT2D eigenvalue weighted by atomic mass is 16.6. The molecule has 1 heterocycles. The molecule has 0 amide bonds. The molecule has 4 nitrogen and oxygen atoms in total. The molecule has 2 rings (SSSR count). The van der Waals surface area contributed by atoms with Gasteiger partial charge in [0.25, 0.3) is 0 Å². The van der Waals surface area contributed by atoms with Crippen molar-refractivity contribution in [3.8, 4) is 0 Å². The molecule has 1 spiro atoms. The molecular formula is C11H16O4. The van der Waals surface area contributed by atoms with Gasteiger partial charge in [-0.15, -0.1) is 0 Å². The van der Waals surface area contributed by atoms with Crippen LogP contribution < -0.4 is 0 Å². The van der Waals surface area contributed by atoms with Crippen LogP contribution in [-0.2, 0) is 14.3 Å². The largest absolute Gasteiger partial charge is 0.478 e. The zero-order valence-electron chi connectivity index (χ0n) is 8.91. The van der Waals surface area contributed by atoms with E-state index < -0.39 is 17.0 Å². The zero-order valence-corrected chi connectivity index (χ0v) is 8.91. The highest BCUT2D eigenvalue weighted by Gasteiger charge is 2.62. The molecule has 2 aliphatic rings. The first-order valence-corrected chi connectivity index (χ1v) is 5.51. The highest BCUT2D eigenvalue weighted by molar-refractivity contribution is 5.89. The lowest BCUT2D eigenvalue weighted by Gasteiger charge is -2.34. The predicted octanol–water partition coefficient (Wildman–Crippen LogP) is 1.73. The van der Waals surface area contributed by atoms with E-state index in [1.165, 1.54) is 0 Å². The van der Waals surface area contributed by atoms with E-state index >= 15 is 0 Å². The Labute approximate surface area is 88.6 Å². The van der Waals surface area contributed by atoms with Crippen molar-refractivity contribution >= 4 is 11.9 Å². The van der Waals surface area contributed by atoms with Crippen LogP contribution in [-0.4, -0.2) is 22.6 Å². The molecule has 0 bridgehead atoms. The molecule has 1 saturated carbocycles. The summed E-state index contributed by atoms with van der Waals surface area (Å²) in [6, 6.07) is 0. The Morgan fingerprint density at radius 3 is 2.53 bits per heavy atom. The first kappa shape index (κ1) is 10.5. The first-order valence-electron chi connectivity index (χ1n) is 5.51. The molecular weight excluding hydrogens is 196 g/mol. The third kappa shape index (κ3) is 1.34. The Hall–Kier alpha value is -1.06. The summed E-state index contributed by atoms with van der Waals surface area (Å²) in [5, 5.41) is 9.19. The van der Waals surface area contributed by atoms with E-state index in [1.54, 1.807) is 0 Å². The lowest BCUT2D eigenvalue weighted by molar-refractivity contribution is -0.172. The van der Waals surface area contributed by atoms with Gasteiger partial charge in [0.05, 0.1) is 5.41 Å². The number of carboxylic acid groups (broad SMARTS) is 1. The van der Waals surface area contributed by atoms with E-state index in [2.05, 4.69) is 0 Å². The van der Waals surface area contributed by atoms with Gasteiger partial charge in [-0.25, -0.2) is 4.79 Å². The molecule has 84 valence electrons. The third-order valence-electron chi connectivity index (χ3n) is 3.70. The van der Waals surface area contributed by atoms with Gasteiger partial charge < -0.3 is 9.84 Å². The molecule has 15 heavy (non-hydrogen) atoms. The Morgan fingerprint density at radius 2 is 2.20 bits per heavy atom. The van der Waals surface area contributed by atoms with Crippen molar-refractivity contribution in [3.63, 3.8) is 0 Å². The fourth-order valence-corrected chi connectivity index (χ4v) is 2.69. The molecule has 4 heteroatoms. The van der Waals surface area contributed by atoms with Crippen molar-refractivity contribution in [2.45, 2.75) is 51.0 Å². The van der Waals surface area contributed by atoms with E-state index in [9.17, 15) is 14.7 Å².